The van der Waals surface area contributed by atoms with Gasteiger partial charge in [0.25, 0.3) is 11.8 Å². The monoisotopic (exact) mass is 547 g/mol. The van der Waals surface area contributed by atoms with Gasteiger partial charge in [-0.15, -0.1) is 0 Å². The van der Waals surface area contributed by atoms with Crippen LogP contribution in [0.4, 0.5) is 0 Å². The summed E-state index contributed by atoms with van der Waals surface area (Å²) in [6.07, 6.45) is 21.6. The molecule has 0 aliphatic rings. The van der Waals surface area contributed by atoms with E-state index in [-0.39, 0.29) is 30.1 Å². The van der Waals surface area contributed by atoms with Gasteiger partial charge < -0.3 is 9.84 Å². The van der Waals surface area contributed by atoms with Gasteiger partial charge in [-0.1, -0.05) is 104 Å². The number of carbonyl (C=O) groups is 2. The molecule has 1 aromatic rings. The van der Waals surface area contributed by atoms with Crippen molar-refractivity contribution < 1.29 is 24.3 Å². The molecule has 1 unspecified atom stereocenters. The lowest BCUT2D eigenvalue weighted by molar-refractivity contribution is -0.211. The highest BCUT2D eigenvalue weighted by atomic mass is 16.7. The molecule has 2 amide bonds. The second kappa shape index (κ2) is 23.8. The van der Waals surface area contributed by atoms with E-state index in [0.717, 1.165) is 37.2 Å². The molecule has 0 aliphatic heterocycles. The molecule has 0 saturated heterocycles. The van der Waals surface area contributed by atoms with Crippen molar-refractivity contribution >= 4 is 11.8 Å². The van der Waals surface area contributed by atoms with E-state index in [1.54, 1.807) is 31.2 Å². The molecule has 39 heavy (non-hydrogen) atoms. The highest BCUT2D eigenvalue weighted by Crippen LogP contribution is 2.18. The Kier molecular flexibility index (Phi) is 21.3. The van der Waals surface area contributed by atoms with Crippen molar-refractivity contribution in [2.45, 2.75) is 155 Å². The first-order valence-electron chi connectivity index (χ1n) is 16.0. The van der Waals surface area contributed by atoms with Gasteiger partial charge in [0.2, 0.25) is 0 Å². The van der Waals surface area contributed by atoms with Crippen molar-refractivity contribution in [3.05, 3.63) is 24.3 Å². The van der Waals surface area contributed by atoms with Crippen molar-refractivity contribution in [3.63, 3.8) is 0 Å². The Bertz CT molecular complexity index is 736. The van der Waals surface area contributed by atoms with Crippen molar-refractivity contribution in [1.82, 2.24) is 5.06 Å². The average Bonchev–Trinajstić information content (AvgIpc) is 2.95. The summed E-state index contributed by atoms with van der Waals surface area (Å²) in [5, 5.41) is 10.4. The normalized spacial score (nSPS) is 11.9. The first-order valence-corrected chi connectivity index (χ1v) is 16.0. The Morgan fingerprint density at radius 3 is 1.79 bits per heavy atom. The van der Waals surface area contributed by atoms with Crippen LogP contribution in [0.3, 0.4) is 0 Å². The van der Waals surface area contributed by atoms with E-state index in [4.69, 9.17) is 9.57 Å². The lowest BCUT2D eigenvalue weighted by Gasteiger charge is -2.25. The zero-order valence-electron chi connectivity index (χ0n) is 25.3. The minimum absolute atomic E-state index is 0.101. The molecule has 6 heteroatoms. The molecule has 0 fully saturated rings. The Balaban J connectivity index is 2.18. The maximum Gasteiger partial charge on any atom is 0.253 e. The molecule has 1 N–H and O–H groups in total. The number of imide groups is 1. The Morgan fingerprint density at radius 1 is 0.718 bits per heavy atom. The van der Waals surface area contributed by atoms with E-state index in [1.165, 1.54) is 77.0 Å². The summed E-state index contributed by atoms with van der Waals surface area (Å²) in [5.74, 6) is 0.416. The SMILES string of the molecule is CCCCCCCCCCCCCCCC(CC)ON(C(=O)CC)C(=O)CCCCCOc1ccc(O)cc1. The number of rotatable bonds is 25. The van der Waals surface area contributed by atoms with Gasteiger partial charge in [0.05, 0.1) is 12.7 Å². The summed E-state index contributed by atoms with van der Waals surface area (Å²) in [7, 11) is 0. The van der Waals surface area contributed by atoms with E-state index in [0.29, 0.717) is 25.2 Å². The third-order valence-corrected chi connectivity index (χ3v) is 7.24. The smallest absolute Gasteiger partial charge is 0.253 e. The van der Waals surface area contributed by atoms with Crippen LogP contribution >= 0.6 is 0 Å². The molecule has 6 nitrogen and oxygen atoms in total. The molecule has 1 rings (SSSR count). The Labute approximate surface area is 238 Å². The van der Waals surface area contributed by atoms with E-state index in [9.17, 15) is 14.7 Å². The predicted octanol–water partition coefficient (Wildman–Crippen LogP) is 9.29. The molecular formula is C33H57NO5. The fraction of sp³-hybridized carbons (Fsp3) is 0.758. The van der Waals surface area contributed by atoms with Gasteiger partial charge in [0, 0.05) is 12.8 Å². The summed E-state index contributed by atoms with van der Waals surface area (Å²) < 4.78 is 5.65. The van der Waals surface area contributed by atoms with Gasteiger partial charge in [0.1, 0.15) is 11.5 Å². The highest BCUT2D eigenvalue weighted by molar-refractivity contribution is 5.93. The fourth-order valence-electron chi connectivity index (χ4n) is 4.66. The molecule has 0 aromatic heterocycles. The molecule has 0 spiro atoms. The number of ether oxygens (including phenoxy) is 1. The number of hydrogen-bond acceptors (Lipinski definition) is 5. The van der Waals surface area contributed by atoms with Gasteiger partial charge in [0.15, 0.2) is 0 Å². The van der Waals surface area contributed by atoms with Crippen LogP contribution in [0.25, 0.3) is 0 Å². The standard InChI is InChI=1S/C33H57NO5/c1-4-7-8-9-10-11-12-13-14-15-16-17-19-22-30(5-2)39-34(32(36)6-3)33(37)23-20-18-21-28-38-31-26-24-29(35)25-27-31/h24-27,30,35H,4-23,28H2,1-3H3. The lowest BCUT2D eigenvalue weighted by atomic mass is 10.0. The largest absolute Gasteiger partial charge is 0.508 e. The second-order valence-electron chi connectivity index (χ2n) is 10.8. The molecule has 1 atom stereocenters. The number of amides is 2. The van der Waals surface area contributed by atoms with Crippen molar-refractivity contribution in [3.8, 4) is 11.5 Å². The average molecular weight is 548 g/mol. The van der Waals surface area contributed by atoms with E-state index < -0.39 is 0 Å². The first-order chi connectivity index (χ1) is 19.0. The molecule has 0 radical (unpaired) electrons. The van der Waals surface area contributed by atoms with E-state index >= 15 is 0 Å². The van der Waals surface area contributed by atoms with Crippen molar-refractivity contribution in [1.29, 1.82) is 0 Å². The van der Waals surface area contributed by atoms with Gasteiger partial charge in [-0.05, 0) is 56.4 Å². The summed E-state index contributed by atoms with van der Waals surface area (Å²) in [5.41, 5.74) is 0. The number of unbranched alkanes of at least 4 members (excludes halogenated alkanes) is 14. The minimum atomic E-state index is -0.264. The zero-order valence-corrected chi connectivity index (χ0v) is 25.3. The molecule has 0 bridgehead atoms. The van der Waals surface area contributed by atoms with Gasteiger partial charge in [-0.3, -0.25) is 14.4 Å². The summed E-state index contributed by atoms with van der Waals surface area (Å²) >= 11 is 0. The van der Waals surface area contributed by atoms with Crippen LogP contribution < -0.4 is 4.74 Å². The number of benzene rings is 1. The first kappa shape index (κ1) is 34.9. The molecule has 1 aromatic carbocycles. The maximum atomic E-state index is 12.8. The molecule has 224 valence electrons. The topological polar surface area (TPSA) is 76.1 Å². The molecule has 0 saturated carbocycles. The molecule has 0 aliphatic carbocycles. The van der Waals surface area contributed by atoms with Crippen LogP contribution in [0.1, 0.15) is 149 Å². The van der Waals surface area contributed by atoms with Crippen LogP contribution in [-0.4, -0.2) is 34.7 Å². The van der Waals surface area contributed by atoms with Crippen LogP contribution in [0, 0.1) is 0 Å². The van der Waals surface area contributed by atoms with Crippen LogP contribution in [0.2, 0.25) is 0 Å². The fourth-order valence-corrected chi connectivity index (χ4v) is 4.66. The number of hydrogen-bond donors (Lipinski definition) is 1. The third kappa shape index (κ3) is 18.0. The predicted molar refractivity (Wildman–Crippen MR) is 160 cm³/mol. The van der Waals surface area contributed by atoms with E-state index in [1.807, 2.05) is 0 Å². The summed E-state index contributed by atoms with van der Waals surface area (Å²) in [4.78, 5) is 31.2. The summed E-state index contributed by atoms with van der Waals surface area (Å²) in [6, 6.07) is 6.64. The van der Waals surface area contributed by atoms with Crippen LogP contribution in [0.15, 0.2) is 24.3 Å². The third-order valence-electron chi connectivity index (χ3n) is 7.24. The van der Waals surface area contributed by atoms with Crippen molar-refractivity contribution in [2.75, 3.05) is 6.61 Å². The maximum absolute atomic E-state index is 12.8. The highest BCUT2D eigenvalue weighted by Gasteiger charge is 2.24. The number of phenols is 1. The number of phenolic OH excluding ortho intramolecular Hbond substituents is 1. The van der Waals surface area contributed by atoms with Gasteiger partial charge in [-0.25, -0.2) is 0 Å². The number of aromatic hydroxyl groups is 1. The Morgan fingerprint density at radius 2 is 1.26 bits per heavy atom. The second-order valence-corrected chi connectivity index (χ2v) is 10.8. The lowest BCUT2D eigenvalue weighted by Crippen LogP contribution is -2.39. The van der Waals surface area contributed by atoms with Crippen LogP contribution in [0.5, 0.6) is 11.5 Å². The van der Waals surface area contributed by atoms with E-state index in [2.05, 4.69) is 13.8 Å². The minimum Gasteiger partial charge on any atom is -0.508 e. The van der Waals surface area contributed by atoms with Crippen LogP contribution in [-0.2, 0) is 14.4 Å². The number of hydroxylamine groups is 2. The number of nitrogens with zero attached hydrogens (tertiary/aromatic N) is 1. The number of carbonyl (C=O) groups excluding carboxylic acids is 2. The van der Waals surface area contributed by atoms with Gasteiger partial charge >= 0.3 is 0 Å². The zero-order chi connectivity index (χ0) is 28.6. The molecular weight excluding hydrogens is 490 g/mol. The van der Waals surface area contributed by atoms with Crippen molar-refractivity contribution in [2.24, 2.45) is 0 Å². The summed E-state index contributed by atoms with van der Waals surface area (Å²) in [6.45, 7) is 6.63. The van der Waals surface area contributed by atoms with Gasteiger partial charge in [-0.2, -0.15) is 5.06 Å². The Hall–Kier alpha value is -2.08. The molecule has 0 heterocycles. The quantitative estimate of drug-likeness (QED) is 0.0975.